The molecule has 1 fully saturated rings. The summed E-state index contributed by atoms with van der Waals surface area (Å²) < 4.78 is 5.17. The summed E-state index contributed by atoms with van der Waals surface area (Å²) in [5.41, 5.74) is 7.54. The van der Waals surface area contributed by atoms with Crippen molar-refractivity contribution in [3.8, 4) is 5.75 Å². The van der Waals surface area contributed by atoms with Gasteiger partial charge in [-0.3, -0.25) is 0 Å². The molecule has 1 aliphatic heterocycles. The van der Waals surface area contributed by atoms with E-state index in [1.807, 2.05) is 6.07 Å². The number of amides is 1. The van der Waals surface area contributed by atoms with E-state index in [4.69, 9.17) is 15.6 Å². The maximum atomic E-state index is 10.9. The molecule has 0 aliphatic carbocycles. The molecule has 22 heavy (non-hydrogen) atoms. The first-order valence-corrected chi connectivity index (χ1v) is 7.37. The highest BCUT2D eigenvalue weighted by Crippen LogP contribution is 2.21. The van der Waals surface area contributed by atoms with Crippen LogP contribution >= 0.6 is 0 Å². The van der Waals surface area contributed by atoms with Gasteiger partial charge in [0.05, 0.1) is 7.11 Å². The fraction of sp³-hybridized carbons (Fsp3) is 0.533. The predicted octanol–water partition coefficient (Wildman–Crippen LogP) is 1.65. The summed E-state index contributed by atoms with van der Waals surface area (Å²) in [6.07, 6.45) is 0.984. The van der Waals surface area contributed by atoms with Crippen LogP contribution in [-0.2, 0) is 6.42 Å². The van der Waals surface area contributed by atoms with Crippen molar-refractivity contribution in [2.24, 2.45) is 0 Å². The number of nitrogens with zero attached hydrogens (tertiary/aromatic N) is 2. The fourth-order valence-corrected chi connectivity index (χ4v) is 2.70. The molecular formula is C15H23N3O4. The molecule has 4 N–H and O–H groups in total. The van der Waals surface area contributed by atoms with E-state index in [0.29, 0.717) is 44.6 Å². The summed E-state index contributed by atoms with van der Waals surface area (Å²) in [4.78, 5) is 12.2. The number of nitrogen functional groups attached to an aromatic ring is 1. The van der Waals surface area contributed by atoms with E-state index in [1.165, 1.54) is 9.96 Å². The highest BCUT2D eigenvalue weighted by Gasteiger charge is 2.25. The third kappa shape index (κ3) is 4.02. The Morgan fingerprint density at radius 2 is 2.14 bits per heavy atom. The van der Waals surface area contributed by atoms with Crippen LogP contribution in [0, 0.1) is 0 Å². The molecule has 7 heteroatoms. The molecule has 0 aromatic heterocycles. The Morgan fingerprint density at radius 3 is 2.73 bits per heavy atom. The van der Waals surface area contributed by atoms with Crippen LogP contribution in [0.4, 0.5) is 10.5 Å². The molecule has 1 aromatic carbocycles. The first kappa shape index (κ1) is 16.4. The molecule has 1 aromatic rings. The van der Waals surface area contributed by atoms with Crippen molar-refractivity contribution in [3.05, 3.63) is 23.8 Å². The van der Waals surface area contributed by atoms with E-state index >= 15 is 0 Å². The summed E-state index contributed by atoms with van der Waals surface area (Å²) in [7, 11) is 1.60. The van der Waals surface area contributed by atoms with Gasteiger partial charge in [0, 0.05) is 31.4 Å². The number of anilines is 1. The van der Waals surface area contributed by atoms with Crippen LogP contribution in [0.25, 0.3) is 0 Å². The SMILES string of the molecule is COc1ccc(N)c(CCN(O)C2CCN(C(=O)O)CC2)c1. The number of rotatable bonds is 5. The first-order chi connectivity index (χ1) is 10.5. The summed E-state index contributed by atoms with van der Waals surface area (Å²) in [5.74, 6) is 0.739. The lowest BCUT2D eigenvalue weighted by atomic mass is 10.0. The molecule has 1 heterocycles. The van der Waals surface area contributed by atoms with Gasteiger partial charge in [-0.2, -0.15) is 5.06 Å². The quantitative estimate of drug-likeness (QED) is 0.565. The Kier molecular flexibility index (Phi) is 5.46. The monoisotopic (exact) mass is 309 g/mol. The fourth-order valence-electron chi connectivity index (χ4n) is 2.70. The van der Waals surface area contributed by atoms with Crippen LogP contribution in [-0.4, -0.2) is 59.2 Å². The number of likely N-dealkylation sites (tertiary alicyclic amines) is 1. The molecule has 2 rings (SSSR count). The molecule has 0 unspecified atom stereocenters. The van der Waals surface area contributed by atoms with Crippen LogP contribution in [0.1, 0.15) is 18.4 Å². The number of piperidine rings is 1. The normalized spacial score (nSPS) is 16.0. The van der Waals surface area contributed by atoms with Crippen LogP contribution in [0.15, 0.2) is 18.2 Å². The van der Waals surface area contributed by atoms with Gasteiger partial charge in [0.2, 0.25) is 0 Å². The van der Waals surface area contributed by atoms with Crippen molar-refractivity contribution in [1.29, 1.82) is 0 Å². The molecule has 0 saturated carbocycles. The van der Waals surface area contributed by atoms with E-state index in [2.05, 4.69) is 0 Å². The van der Waals surface area contributed by atoms with Crippen LogP contribution < -0.4 is 10.5 Å². The number of hydrogen-bond donors (Lipinski definition) is 3. The Labute approximate surface area is 129 Å². The molecule has 7 nitrogen and oxygen atoms in total. The molecule has 0 spiro atoms. The van der Waals surface area contributed by atoms with E-state index in [1.54, 1.807) is 19.2 Å². The average molecular weight is 309 g/mol. The second kappa shape index (κ2) is 7.33. The van der Waals surface area contributed by atoms with Gasteiger partial charge >= 0.3 is 6.09 Å². The predicted molar refractivity (Wildman–Crippen MR) is 82.2 cm³/mol. The van der Waals surface area contributed by atoms with Crippen LogP contribution in [0.2, 0.25) is 0 Å². The lowest BCUT2D eigenvalue weighted by Gasteiger charge is -2.34. The highest BCUT2D eigenvalue weighted by molar-refractivity contribution is 5.65. The maximum Gasteiger partial charge on any atom is 0.407 e. The molecular weight excluding hydrogens is 286 g/mol. The Hall–Kier alpha value is -1.99. The van der Waals surface area contributed by atoms with Crippen molar-refractivity contribution in [2.75, 3.05) is 32.5 Å². The van der Waals surface area contributed by atoms with Crippen molar-refractivity contribution in [2.45, 2.75) is 25.3 Å². The molecule has 0 radical (unpaired) electrons. The molecule has 0 bridgehead atoms. The Bertz CT molecular complexity index is 516. The van der Waals surface area contributed by atoms with Gasteiger partial charge < -0.3 is 25.7 Å². The number of nitrogens with two attached hydrogens (primary N) is 1. The van der Waals surface area contributed by atoms with E-state index in [9.17, 15) is 10.0 Å². The Morgan fingerprint density at radius 1 is 1.45 bits per heavy atom. The van der Waals surface area contributed by atoms with Crippen LogP contribution in [0.3, 0.4) is 0 Å². The minimum absolute atomic E-state index is 0.0116. The van der Waals surface area contributed by atoms with E-state index in [-0.39, 0.29) is 6.04 Å². The summed E-state index contributed by atoms with van der Waals surface area (Å²) in [5, 5.41) is 20.4. The number of carbonyl (C=O) groups is 1. The lowest BCUT2D eigenvalue weighted by Crippen LogP contribution is -2.45. The van der Waals surface area contributed by atoms with Crippen molar-refractivity contribution in [3.63, 3.8) is 0 Å². The highest BCUT2D eigenvalue weighted by atomic mass is 16.5. The van der Waals surface area contributed by atoms with E-state index < -0.39 is 6.09 Å². The third-order valence-electron chi connectivity index (χ3n) is 4.12. The van der Waals surface area contributed by atoms with Crippen molar-refractivity contribution in [1.82, 2.24) is 9.96 Å². The summed E-state index contributed by atoms with van der Waals surface area (Å²) in [6, 6.07) is 5.46. The number of ether oxygens (including phenoxy) is 1. The zero-order chi connectivity index (χ0) is 16.1. The van der Waals surface area contributed by atoms with Gasteiger partial charge in [0.15, 0.2) is 0 Å². The van der Waals surface area contributed by atoms with Gasteiger partial charge in [-0.05, 0) is 43.0 Å². The number of hydrogen-bond acceptors (Lipinski definition) is 5. The third-order valence-corrected chi connectivity index (χ3v) is 4.12. The second-order valence-corrected chi connectivity index (χ2v) is 5.48. The Balaban J connectivity index is 1.85. The minimum Gasteiger partial charge on any atom is -0.497 e. The largest absolute Gasteiger partial charge is 0.497 e. The van der Waals surface area contributed by atoms with E-state index in [0.717, 1.165) is 11.3 Å². The van der Waals surface area contributed by atoms with Crippen molar-refractivity contribution >= 4 is 11.8 Å². The summed E-state index contributed by atoms with van der Waals surface area (Å²) >= 11 is 0. The standard InChI is InChI=1S/C15H23N3O4/c1-22-13-2-3-14(16)11(10-13)4-9-18(21)12-5-7-17(8-6-12)15(19)20/h2-3,10,12,21H,4-9,16H2,1H3,(H,19,20). The number of methoxy groups -OCH3 is 1. The summed E-state index contributed by atoms with van der Waals surface area (Å²) in [6.45, 7) is 1.37. The topological polar surface area (TPSA) is 99.3 Å². The smallest absolute Gasteiger partial charge is 0.407 e. The van der Waals surface area contributed by atoms with Crippen LogP contribution in [0.5, 0.6) is 5.75 Å². The second-order valence-electron chi connectivity index (χ2n) is 5.48. The molecule has 1 saturated heterocycles. The lowest BCUT2D eigenvalue weighted by molar-refractivity contribution is -0.136. The molecule has 1 amide bonds. The van der Waals surface area contributed by atoms with Gasteiger partial charge in [-0.15, -0.1) is 0 Å². The molecule has 1 aliphatic rings. The first-order valence-electron chi connectivity index (χ1n) is 7.37. The number of benzene rings is 1. The van der Waals surface area contributed by atoms with Gasteiger partial charge in [-0.25, -0.2) is 4.79 Å². The van der Waals surface area contributed by atoms with Gasteiger partial charge in [-0.1, -0.05) is 0 Å². The zero-order valence-corrected chi connectivity index (χ0v) is 12.7. The van der Waals surface area contributed by atoms with Gasteiger partial charge in [0.25, 0.3) is 0 Å². The molecule has 0 atom stereocenters. The number of hydroxylamine groups is 2. The van der Waals surface area contributed by atoms with Gasteiger partial charge in [0.1, 0.15) is 5.75 Å². The maximum absolute atomic E-state index is 10.9. The minimum atomic E-state index is -0.896. The zero-order valence-electron chi connectivity index (χ0n) is 12.7. The molecule has 122 valence electrons. The number of carboxylic acid groups (broad SMARTS) is 1. The average Bonchev–Trinajstić information content (AvgIpc) is 2.54. The van der Waals surface area contributed by atoms with Crippen molar-refractivity contribution < 1.29 is 19.8 Å².